The summed E-state index contributed by atoms with van der Waals surface area (Å²) in [6, 6.07) is 11.2. The van der Waals surface area contributed by atoms with Crippen LogP contribution in [-0.2, 0) is 20.8 Å². The molecule has 3 heterocycles. The van der Waals surface area contributed by atoms with E-state index in [1.54, 1.807) is 24.0 Å². The number of halogens is 1. The van der Waals surface area contributed by atoms with Crippen LogP contribution in [0.25, 0.3) is 0 Å². The summed E-state index contributed by atoms with van der Waals surface area (Å²) >= 11 is 5.83. The highest BCUT2D eigenvalue weighted by Gasteiger charge is 2.33. The fourth-order valence-corrected chi connectivity index (χ4v) is 4.72. The molecule has 1 aromatic heterocycles. The van der Waals surface area contributed by atoms with E-state index in [-0.39, 0.29) is 36.1 Å². The molecule has 32 heavy (non-hydrogen) atoms. The number of carbonyl (C=O) groups is 3. The van der Waals surface area contributed by atoms with Gasteiger partial charge in [0.15, 0.2) is 0 Å². The van der Waals surface area contributed by atoms with Crippen molar-refractivity contribution in [2.75, 3.05) is 25.0 Å². The molecule has 2 aliphatic rings. The Labute approximate surface area is 192 Å². The molecule has 3 amide bonds. The second-order valence-corrected chi connectivity index (χ2v) is 8.82. The summed E-state index contributed by atoms with van der Waals surface area (Å²) in [7, 11) is 0. The molecular formula is C24H27ClN4O3. The quantitative estimate of drug-likeness (QED) is 0.767. The number of hydrogen-bond donors (Lipinski definition) is 1. The average Bonchev–Trinajstić information content (AvgIpc) is 2.80. The van der Waals surface area contributed by atoms with Gasteiger partial charge in [-0.05, 0) is 42.5 Å². The third-order valence-electron chi connectivity index (χ3n) is 6.38. The number of benzene rings is 1. The lowest BCUT2D eigenvalue weighted by atomic mass is 9.89. The maximum atomic E-state index is 13.1. The number of anilines is 1. The molecule has 7 nitrogen and oxygen atoms in total. The summed E-state index contributed by atoms with van der Waals surface area (Å²) in [6.07, 6.45) is 3.77. The van der Waals surface area contributed by atoms with E-state index in [0.717, 1.165) is 12.0 Å². The van der Waals surface area contributed by atoms with Crippen LogP contribution >= 0.6 is 11.6 Å². The lowest BCUT2D eigenvalue weighted by Gasteiger charge is -2.38. The largest absolute Gasteiger partial charge is 0.343 e. The van der Waals surface area contributed by atoms with Crippen LogP contribution in [0.3, 0.4) is 0 Å². The smallest absolute Gasteiger partial charge is 0.228 e. The third-order valence-corrected chi connectivity index (χ3v) is 6.61. The fraction of sp³-hybridized carbons (Fsp3) is 0.417. The lowest BCUT2D eigenvalue weighted by molar-refractivity contribution is -0.138. The molecule has 1 aromatic carbocycles. The first kappa shape index (κ1) is 22.3. The molecule has 8 heteroatoms. The van der Waals surface area contributed by atoms with Crippen LogP contribution in [0.15, 0.2) is 42.6 Å². The minimum atomic E-state index is -0.234. The van der Waals surface area contributed by atoms with Gasteiger partial charge >= 0.3 is 0 Å². The van der Waals surface area contributed by atoms with Crippen LogP contribution in [0.5, 0.6) is 0 Å². The molecule has 2 aromatic rings. The number of fused-ring (bicyclic) bond motifs is 1. The Balaban J connectivity index is 1.35. The maximum Gasteiger partial charge on any atom is 0.228 e. The summed E-state index contributed by atoms with van der Waals surface area (Å²) < 4.78 is 0. The van der Waals surface area contributed by atoms with Crippen molar-refractivity contribution in [1.29, 1.82) is 0 Å². The van der Waals surface area contributed by atoms with E-state index >= 15 is 0 Å². The predicted molar refractivity (Wildman–Crippen MR) is 122 cm³/mol. The molecule has 4 rings (SSSR count). The minimum absolute atomic E-state index is 0.0107. The van der Waals surface area contributed by atoms with E-state index in [4.69, 9.17) is 11.6 Å². The molecule has 1 atom stereocenters. The lowest BCUT2D eigenvalue weighted by Crippen LogP contribution is -2.45. The number of carbonyl (C=O) groups excluding carboxylic acids is 3. The predicted octanol–water partition coefficient (Wildman–Crippen LogP) is 3.45. The summed E-state index contributed by atoms with van der Waals surface area (Å²) in [4.78, 5) is 45.6. The molecule has 2 aliphatic heterocycles. The van der Waals surface area contributed by atoms with Gasteiger partial charge in [-0.15, -0.1) is 0 Å². The van der Waals surface area contributed by atoms with Crippen molar-refractivity contribution in [3.05, 3.63) is 58.7 Å². The van der Waals surface area contributed by atoms with Crippen LogP contribution in [0.2, 0.25) is 5.02 Å². The van der Waals surface area contributed by atoms with Gasteiger partial charge in [0, 0.05) is 38.7 Å². The summed E-state index contributed by atoms with van der Waals surface area (Å²) in [6.45, 7) is 3.25. The number of nitrogens with zero attached hydrogens (tertiary/aromatic N) is 3. The Morgan fingerprint density at radius 1 is 1.09 bits per heavy atom. The van der Waals surface area contributed by atoms with Crippen LogP contribution in [0.4, 0.5) is 5.82 Å². The number of likely N-dealkylation sites (tertiary alicyclic amines) is 1. The van der Waals surface area contributed by atoms with Crippen molar-refractivity contribution in [2.24, 2.45) is 5.92 Å². The molecule has 0 saturated carbocycles. The number of rotatable bonds is 4. The molecule has 168 valence electrons. The molecule has 1 fully saturated rings. The standard InChI is InChI=1S/C24H27ClN4O3/c1-16(30)29-13-10-17-4-2-3-5-20(17)21(29)14-23(31)28-11-8-18(9-12-28)24(32)27-22-7-6-19(25)15-26-22/h2-7,15,18,21H,8-14H2,1H3,(H,26,27,32). The van der Waals surface area contributed by atoms with Crippen molar-refractivity contribution in [3.8, 4) is 0 Å². The van der Waals surface area contributed by atoms with Crippen LogP contribution in [0, 0.1) is 5.92 Å². The SMILES string of the molecule is CC(=O)N1CCc2ccccc2C1CC(=O)N1CCC(C(=O)Nc2ccc(Cl)cn2)CC1. The fourth-order valence-electron chi connectivity index (χ4n) is 4.61. The molecule has 0 radical (unpaired) electrons. The molecule has 0 spiro atoms. The first-order chi connectivity index (χ1) is 15.4. The van der Waals surface area contributed by atoms with E-state index in [2.05, 4.69) is 16.4 Å². The van der Waals surface area contributed by atoms with E-state index < -0.39 is 0 Å². The van der Waals surface area contributed by atoms with E-state index in [1.165, 1.54) is 11.8 Å². The monoisotopic (exact) mass is 454 g/mol. The summed E-state index contributed by atoms with van der Waals surface area (Å²) in [5, 5.41) is 3.33. The van der Waals surface area contributed by atoms with Crippen LogP contribution in [-0.4, -0.2) is 52.1 Å². The van der Waals surface area contributed by atoms with Gasteiger partial charge in [0.2, 0.25) is 17.7 Å². The maximum absolute atomic E-state index is 13.1. The Hall–Kier alpha value is -2.93. The van der Waals surface area contributed by atoms with Crippen LogP contribution in [0.1, 0.15) is 43.4 Å². The van der Waals surface area contributed by atoms with Gasteiger partial charge < -0.3 is 15.1 Å². The van der Waals surface area contributed by atoms with Gasteiger partial charge in [-0.2, -0.15) is 0 Å². The normalized spacial score (nSPS) is 18.8. The van der Waals surface area contributed by atoms with Crippen molar-refractivity contribution in [2.45, 2.75) is 38.6 Å². The zero-order valence-electron chi connectivity index (χ0n) is 18.1. The van der Waals surface area contributed by atoms with Gasteiger partial charge in [-0.3, -0.25) is 14.4 Å². The highest BCUT2D eigenvalue weighted by atomic mass is 35.5. The van der Waals surface area contributed by atoms with Gasteiger partial charge in [0.05, 0.1) is 17.5 Å². The second-order valence-electron chi connectivity index (χ2n) is 8.39. The zero-order chi connectivity index (χ0) is 22.7. The van der Waals surface area contributed by atoms with Crippen molar-refractivity contribution < 1.29 is 14.4 Å². The van der Waals surface area contributed by atoms with Crippen molar-refractivity contribution in [1.82, 2.24) is 14.8 Å². The van der Waals surface area contributed by atoms with Gasteiger partial charge in [-0.25, -0.2) is 4.98 Å². The highest BCUT2D eigenvalue weighted by molar-refractivity contribution is 6.30. The minimum Gasteiger partial charge on any atom is -0.343 e. The number of nitrogens with one attached hydrogen (secondary N) is 1. The summed E-state index contributed by atoms with van der Waals surface area (Å²) in [5.74, 6) is 0.231. The van der Waals surface area contributed by atoms with Crippen LogP contribution < -0.4 is 5.32 Å². The molecular weight excluding hydrogens is 428 g/mol. The molecule has 1 N–H and O–H groups in total. The van der Waals surface area contributed by atoms with Gasteiger partial charge in [-0.1, -0.05) is 35.9 Å². The Morgan fingerprint density at radius 2 is 1.84 bits per heavy atom. The van der Waals surface area contributed by atoms with E-state index in [0.29, 0.717) is 43.3 Å². The second kappa shape index (κ2) is 9.69. The molecule has 0 aliphatic carbocycles. The Bertz CT molecular complexity index is 1000. The third kappa shape index (κ3) is 4.93. The molecule has 1 unspecified atom stereocenters. The van der Waals surface area contributed by atoms with E-state index in [9.17, 15) is 14.4 Å². The van der Waals surface area contributed by atoms with Crippen molar-refractivity contribution >= 4 is 35.1 Å². The van der Waals surface area contributed by atoms with Crippen molar-refractivity contribution in [3.63, 3.8) is 0 Å². The molecule has 1 saturated heterocycles. The Kier molecular flexibility index (Phi) is 6.74. The average molecular weight is 455 g/mol. The number of hydrogen-bond acceptors (Lipinski definition) is 4. The zero-order valence-corrected chi connectivity index (χ0v) is 18.8. The first-order valence-electron chi connectivity index (χ1n) is 11.0. The first-order valence-corrected chi connectivity index (χ1v) is 11.4. The molecule has 0 bridgehead atoms. The highest BCUT2D eigenvalue weighted by Crippen LogP contribution is 2.33. The number of piperidine rings is 1. The topological polar surface area (TPSA) is 82.6 Å². The number of amides is 3. The summed E-state index contributed by atoms with van der Waals surface area (Å²) in [5.41, 5.74) is 2.26. The Morgan fingerprint density at radius 3 is 2.53 bits per heavy atom. The number of pyridine rings is 1. The number of aromatic nitrogens is 1. The van der Waals surface area contributed by atoms with Gasteiger partial charge in [0.25, 0.3) is 0 Å². The van der Waals surface area contributed by atoms with E-state index in [1.807, 2.05) is 23.1 Å². The van der Waals surface area contributed by atoms with Gasteiger partial charge in [0.1, 0.15) is 5.82 Å².